The standard InChI is InChI=1S/C5H8N4/c1-3(6)4-2-8-9-5(4)7/h2,6H,1H3,(H3,7,8,9). The van der Waals surface area contributed by atoms with Gasteiger partial charge in [0.2, 0.25) is 0 Å². The number of aromatic nitrogens is 2. The van der Waals surface area contributed by atoms with E-state index in [4.69, 9.17) is 11.1 Å². The van der Waals surface area contributed by atoms with E-state index < -0.39 is 0 Å². The van der Waals surface area contributed by atoms with E-state index in [0.29, 0.717) is 17.1 Å². The summed E-state index contributed by atoms with van der Waals surface area (Å²) in [6, 6.07) is 0. The molecular formula is C5H8N4. The van der Waals surface area contributed by atoms with Crippen molar-refractivity contribution < 1.29 is 0 Å². The van der Waals surface area contributed by atoms with E-state index in [1.54, 1.807) is 6.92 Å². The van der Waals surface area contributed by atoms with Gasteiger partial charge in [-0.15, -0.1) is 0 Å². The second-order valence-corrected chi connectivity index (χ2v) is 1.82. The van der Waals surface area contributed by atoms with Gasteiger partial charge in [-0.05, 0) is 6.92 Å². The molecule has 0 amide bonds. The van der Waals surface area contributed by atoms with Crippen molar-refractivity contribution in [1.82, 2.24) is 10.2 Å². The van der Waals surface area contributed by atoms with Gasteiger partial charge in [-0.1, -0.05) is 0 Å². The molecule has 0 aliphatic carbocycles. The molecule has 48 valence electrons. The zero-order valence-corrected chi connectivity index (χ0v) is 5.10. The van der Waals surface area contributed by atoms with Gasteiger partial charge in [0.1, 0.15) is 5.82 Å². The summed E-state index contributed by atoms with van der Waals surface area (Å²) in [6.45, 7) is 1.67. The zero-order valence-electron chi connectivity index (χ0n) is 5.10. The summed E-state index contributed by atoms with van der Waals surface area (Å²) in [5.41, 5.74) is 6.49. The number of hydrogen-bond donors (Lipinski definition) is 3. The number of nitrogen functional groups attached to an aromatic ring is 1. The van der Waals surface area contributed by atoms with Crippen LogP contribution >= 0.6 is 0 Å². The maximum atomic E-state index is 7.15. The Hall–Kier alpha value is -1.32. The Bertz CT molecular complexity index is 225. The summed E-state index contributed by atoms with van der Waals surface area (Å²) in [4.78, 5) is 0. The fourth-order valence-corrected chi connectivity index (χ4v) is 0.595. The van der Waals surface area contributed by atoms with Crippen LogP contribution in [0, 0.1) is 5.41 Å². The smallest absolute Gasteiger partial charge is 0.127 e. The molecule has 9 heavy (non-hydrogen) atoms. The van der Waals surface area contributed by atoms with Gasteiger partial charge in [-0.3, -0.25) is 5.10 Å². The number of anilines is 1. The van der Waals surface area contributed by atoms with Crippen molar-refractivity contribution in [2.45, 2.75) is 6.92 Å². The van der Waals surface area contributed by atoms with Crippen LogP contribution in [-0.4, -0.2) is 15.9 Å². The third-order valence-corrected chi connectivity index (χ3v) is 1.07. The van der Waals surface area contributed by atoms with Gasteiger partial charge in [0.05, 0.1) is 11.8 Å². The van der Waals surface area contributed by atoms with E-state index in [9.17, 15) is 0 Å². The summed E-state index contributed by atoms with van der Waals surface area (Å²) in [7, 11) is 0. The van der Waals surface area contributed by atoms with Crippen LogP contribution in [0.3, 0.4) is 0 Å². The molecule has 0 atom stereocenters. The molecule has 0 bridgehead atoms. The van der Waals surface area contributed by atoms with Crippen molar-refractivity contribution in [3.63, 3.8) is 0 Å². The van der Waals surface area contributed by atoms with Crippen LogP contribution in [0.25, 0.3) is 0 Å². The Labute approximate surface area is 52.6 Å². The number of rotatable bonds is 1. The molecule has 0 unspecified atom stereocenters. The molecule has 4 N–H and O–H groups in total. The van der Waals surface area contributed by atoms with Crippen LogP contribution in [0.2, 0.25) is 0 Å². The molecule has 0 aliphatic heterocycles. The van der Waals surface area contributed by atoms with E-state index in [-0.39, 0.29) is 0 Å². The summed E-state index contributed by atoms with van der Waals surface area (Å²) in [5.74, 6) is 0.461. The van der Waals surface area contributed by atoms with Crippen molar-refractivity contribution in [3.8, 4) is 0 Å². The SMILES string of the molecule is CC(=N)c1cn[nH]c1N. The van der Waals surface area contributed by atoms with Crippen molar-refractivity contribution in [3.05, 3.63) is 11.8 Å². The Morgan fingerprint density at radius 2 is 2.56 bits per heavy atom. The normalized spacial score (nSPS) is 9.44. The topological polar surface area (TPSA) is 78.5 Å². The fraction of sp³-hybridized carbons (Fsp3) is 0.200. The molecule has 1 heterocycles. The minimum Gasteiger partial charge on any atom is -0.384 e. The lowest BCUT2D eigenvalue weighted by Crippen LogP contribution is -1.95. The van der Waals surface area contributed by atoms with E-state index in [2.05, 4.69) is 10.2 Å². The van der Waals surface area contributed by atoms with Crippen LogP contribution in [0.15, 0.2) is 6.20 Å². The van der Waals surface area contributed by atoms with Crippen molar-refractivity contribution >= 4 is 11.5 Å². The molecule has 4 heteroatoms. The molecule has 0 saturated carbocycles. The predicted molar refractivity (Wildman–Crippen MR) is 35.5 cm³/mol. The predicted octanol–water partition coefficient (Wildman–Crippen LogP) is 0.380. The number of nitrogens with one attached hydrogen (secondary N) is 2. The fourth-order valence-electron chi connectivity index (χ4n) is 0.595. The lowest BCUT2D eigenvalue weighted by atomic mass is 10.2. The summed E-state index contributed by atoms with van der Waals surface area (Å²) >= 11 is 0. The minimum atomic E-state index is 0.432. The summed E-state index contributed by atoms with van der Waals surface area (Å²) in [5, 5.41) is 13.3. The average Bonchev–Trinajstić information content (AvgIpc) is 2.13. The van der Waals surface area contributed by atoms with E-state index in [1.165, 1.54) is 6.20 Å². The minimum absolute atomic E-state index is 0.432. The van der Waals surface area contributed by atoms with Crippen LogP contribution < -0.4 is 5.73 Å². The maximum Gasteiger partial charge on any atom is 0.127 e. The van der Waals surface area contributed by atoms with Crippen LogP contribution in [0.5, 0.6) is 0 Å². The monoisotopic (exact) mass is 124 g/mol. The molecule has 4 nitrogen and oxygen atoms in total. The third-order valence-electron chi connectivity index (χ3n) is 1.07. The maximum absolute atomic E-state index is 7.15. The number of nitrogens with two attached hydrogens (primary N) is 1. The molecule has 1 aromatic heterocycles. The lowest BCUT2D eigenvalue weighted by Gasteiger charge is -1.90. The Kier molecular flexibility index (Phi) is 1.22. The van der Waals surface area contributed by atoms with E-state index in [1.807, 2.05) is 0 Å². The zero-order chi connectivity index (χ0) is 6.85. The largest absolute Gasteiger partial charge is 0.384 e. The first-order valence-corrected chi connectivity index (χ1v) is 2.56. The Balaban J connectivity index is 3.08. The second-order valence-electron chi connectivity index (χ2n) is 1.82. The molecule has 0 aromatic carbocycles. The van der Waals surface area contributed by atoms with Crippen LogP contribution in [0.1, 0.15) is 12.5 Å². The van der Waals surface area contributed by atoms with Gasteiger partial charge in [0.15, 0.2) is 0 Å². The van der Waals surface area contributed by atoms with E-state index >= 15 is 0 Å². The molecule has 0 spiro atoms. The molecular weight excluding hydrogens is 116 g/mol. The quantitative estimate of drug-likeness (QED) is 0.473. The van der Waals surface area contributed by atoms with Gasteiger partial charge in [0.25, 0.3) is 0 Å². The first-order chi connectivity index (χ1) is 4.22. The number of hydrogen-bond acceptors (Lipinski definition) is 3. The summed E-state index contributed by atoms with van der Waals surface area (Å²) in [6.07, 6.45) is 1.54. The highest BCUT2D eigenvalue weighted by molar-refractivity contribution is 5.99. The highest BCUT2D eigenvalue weighted by Crippen LogP contribution is 2.04. The van der Waals surface area contributed by atoms with Gasteiger partial charge < -0.3 is 11.1 Å². The Morgan fingerprint density at radius 1 is 1.89 bits per heavy atom. The number of aromatic amines is 1. The highest BCUT2D eigenvalue weighted by Gasteiger charge is 2.00. The molecule has 0 aliphatic rings. The number of H-pyrrole nitrogens is 1. The number of nitrogens with zero attached hydrogens (tertiary/aromatic N) is 1. The molecule has 1 aromatic rings. The molecule has 0 radical (unpaired) electrons. The second kappa shape index (κ2) is 1.89. The molecule has 0 fully saturated rings. The van der Waals surface area contributed by atoms with Crippen molar-refractivity contribution in [2.24, 2.45) is 0 Å². The van der Waals surface area contributed by atoms with Gasteiger partial charge in [-0.2, -0.15) is 5.10 Å². The highest BCUT2D eigenvalue weighted by atomic mass is 15.1. The summed E-state index contributed by atoms with van der Waals surface area (Å²) < 4.78 is 0. The van der Waals surface area contributed by atoms with Gasteiger partial charge >= 0.3 is 0 Å². The van der Waals surface area contributed by atoms with Gasteiger partial charge in [0, 0.05) is 5.71 Å². The van der Waals surface area contributed by atoms with Gasteiger partial charge in [-0.25, -0.2) is 0 Å². The van der Waals surface area contributed by atoms with Crippen molar-refractivity contribution in [2.75, 3.05) is 5.73 Å². The first-order valence-electron chi connectivity index (χ1n) is 2.56. The van der Waals surface area contributed by atoms with Crippen LogP contribution in [-0.2, 0) is 0 Å². The van der Waals surface area contributed by atoms with E-state index in [0.717, 1.165) is 0 Å². The van der Waals surface area contributed by atoms with Crippen LogP contribution in [0.4, 0.5) is 5.82 Å². The average molecular weight is 124 g/mol. The first kappa shape index (κ1) is 5.81. The van der Waals surface area contributed by atoms with Crippen molar-refractivity contribution in [1.29, 1.82) is 5.41 Å². The molecule has 0 saturated heterocycles. The lowest BCUT2D eigenvalue weighted by molar-refractivity contribution is 1.10. The molecule has 1 rings (SSSR count). The Morgan fingerprint density at radius 3 is 2.78 bits per heavy atom. The third kappa shape index (κ3) is 0.910.